The molecule has 0 radical (unpaired) electrons. The van der Waals surface area contributed by atoms with E-state index >= 15 is 0 Å². The Hall–Kier alpha value is -1.43. The van der Waals surface area contributed by atoms with Gasteiger partial charge in [0, 0.05) is 25.6 Å². The number of nitrogens with one attached hydrogen (secondary N) is 1. The smallest absolute Gasteiger partial charge is 0.335 e. The molecule has 23 heavy (non-hydrogen) atoms. The Labute approximate surface area is 137 Å². The van der Waals surface area contributed by atoms with E-state index in [-0.39, 0.29) is 6.61 Å². The van der Waals surface area contributed by atoms with Crippen molar-refractivity contribution in [3.05, 3.63) is 35.4 Å². The second-order valence-electron chi connectivity index (χ2n) is 6.97. The van der Waals surface area contributed by atoms with Crippen LogP contribution < -0.4 is 5.32 Å². The largest absolute Gasteiger partial charge is 0.478 e. The maximum atomic E-state index is 10.9. The number of hydrogen-bond donors (Lipinski definition) is 3. The molecule has 0 amide bonds. The number of hydrogen-bond acceptors (Lipinski definition) is 4. The molecular formula is C18H26N2O3. The molecule has 2 aliphatic heterocycles. The fourth-order valence-corrected chi connectivity index (χ4v) is 4.12. The van der Waals surface area contributed by atoms with Crippen molar-refractivity contribution in [1.29, 1.82) is 0 Å². The Balaban J connectivity index is 1.57. The number of nitrogens with zero attached hydrogens (tertiary/aromatic N) is 1. The number of aromatic carboxylic acids is 1. The molecule has 1 atom stereocenters. The minimum atomic E-state index is -0.877. The first-order valence-electron chi connectivity index (χ1n) is 8.49. The first-order chi connectivity index (χ1) is 11.1. The van der Waals surface area contributed by atoms with E-state index in [1.807, 2.05) is 12.1 Å². The number of piperidine rings is 2. The van der Waals surface area contributed by atoms with Gasteiger partial charge in [0.15, 0.2) is 0 Å². The molecule has 1 aromatic rings. The van der Waals surface area contributed by atoms with Gasteiger partial charge in [0.2, 0.25) is 0 Å². The summed E-state index contributed by atoms with van der Waals surface area (Å²) in [5.74, 6) is -0.495. The molecule has 0 unspecified atom stereocenters. The number of rotatable bonds is 4. The lowest BCUT2D eigenvalue weighted by atomic mass is 9.65. The average molecular weight is 318 g/mol. The van der Waals surface area contributed by atoms with Crippen LogP contribution >= 0.6 is 0 Å². The summed E-state index contributed by atoms with van der Waals surface area (Å²) in [5, 5.41) is 22.0. The fourth-order valence-electron chi connectivity index (χ4n) is 4.12. The summed E-state index contributed by atoms with van der Waals surface area (Å²) in [4.78, 5) is 13.3. The van der Waals surface area contributed by atoms with Crippen LogP contribution in [0.2, 0.25) is 0 Å². The van der Waals surface area contributed by atoms with Crippen LogP contribution in [-0.2, 0) is 6.54 Å². The predicted octanol–water partition coefficient (Wildman–Crippen LogP) is 1.57. The third kappa shape index (κ3) is 3.57. The molecule has 3 rings (SSSR count). The van der Waals surface area contributed by atoms with Crippen LogP contribution in [0.1, 0.15) is 35.2 Å². The van der Waals surface area contributed by atoms with Gasteiger partial charge in [-0.1, -0.05) is 12.1 Å². The molecule has 2 aliphatic rings. The quantitative estimate of drug-likeness (QED) is 0.786. The summed E-state index contributed by atoms with van der Waals surface area (Å²) in [6.45, 7) is 5.26. The number of aliphatic hydroxyl groups is 1. The lowest BCUT2D eigenvalue weighted by Crippen LogP contribution is -2.52. The lowest BCUT2D eigenvalue weighted by Gasteiger charge is -2.49. The highest BCUT2D eigenvalue weighted by atomic mass is 16.4. The molecule has 0 aromatic heterocycles. The molecule has 3 N–H and O–H groups in total. The Morgan fingerprint density at radius 3 is 2.52 bits per heavy atom. The van der Waals surface area contributed by atoms with Gasteiger partial charge in [-0.15, -0.1) is 0 Å². The van der Waals surface area contributed by atoms with E-state index < -0.39 is 5.97 Å². The van der Waals surface area contributed by atoms with Gasteiger partial charge in [-0.2, -0.15) is 0 Å². The molecule has 5 heteroatoms. The van der Waals surface area contributed by atoms with Crippen molar-refractivity contribution in [3.8, 4) is 0 Å². The molecule has 1 aromatic carbocycles. The number of benzene rings is 1. The van der Waals surface area contributed by atoms with Crippen molar-refractivity contribution in [2.75, 3.05) is 32.8 Å². The van der Waals surface area contributed by atoms with Gasteiger partial charge < -0.3 is 15.5 Å². The van der Waals surface area contributed by atoms with Gasteiger partial charge in [0.1, 0.15) is 0 Å². The maximum Gasteiger partial charge on any atom is 0.335 e. The standard InChI is InChI=1S/C18H26N2O3/c21-13-16-11-19-8-5-18(16)6-9-20(10-7-18)12-14-1-3-15(4-2-14)17(22)23/h1-4,16,19,21H,5-13H2,(H,22,23)/t16-/m1/s1. The van der Waals surface area contributed by atoms with E-state index in [0.29, 0.717) is 16.9 Å². The van der Waals surface area contributed by atoms with Crippen LogP contribution in [-0.4, -0.2) is 53.9 Å². The van der Waals surface area contributed by atoms with Crippen LogP contribution in [0.25, 0.3) is 0 Å². The Kier molecular flexibility index (Phi) is 4.99. The maximum absolute atomic E-state index is 10.9. The van der Waals surface area contributed by atoms with E-state index in [2.05, 4.69) is 10.2 Å². The molecule has 2 saturated heterocycles. The molecule has 2 heterocycles. The summed E-state index contributed by atoms with van der Waals surface area (Å²) in [6.07, 6.45) is 3.46. The van der Waals surface area contributed by atoms with Gasteiger partial charge in [-0.25, -0.2) is 4.79 Å². The topological polar surface area (TPSA) is 72.8 Å². The highest BCUT2D eigenvalue weighted by Gasteiger charge is 2.42. The van der Waals surface area contributed by atoms with E-state index in [1.54, 1.807) is 12.1 Å². The molecule has 0 aliphatic carbocycles. The van der Waals surface area contributed by atoms with E-state index in [1.165, 1.54) is 6.42 Å². The highest BCUT2D eigenvalue weighted by Crippen LogP contribution is 2.43. The molecule has 126 valence electrons. The van der Waals surface area contributed by atoms with Crippen LogP contribution in [0.5, 0.6) is 0 Å². The Morgan fingerprint density at radius 1 is 1.22 bits per heavy atom. The van der Waals surface area contributed by atoms with Crippen LogP contribution in [0, 0.1) is 11.3 Å². The lowest BCUT2D eigenvalue weighted by molar-refractivity contribution is -0.00584. The van der Waals surface area contributed by atoms with Crippen molar-refractivity contribution in [2.24, 2.45) is 11.3 Å². The molecule has 0 saturated carbocycles. The summed E-state index contributed by atoms with van der Waals surface area (Å²) in [5.41, 5.74) is 1.81. The van der Waals surface area contributed by atoms with Crippen molar-refractivity contribution in [2.45, 2.75) is 25.8 Å². The van der Waals surface area contributed by atoms with Gasteiger partial charge in [0.05, 0.1) is 5.56 Å². The Bertz CT molecular complexity index is 536. The third-order valence-electron chi connectivity index (χ3n) is 5.74. The first kappa shape index (κ1) is 16.4. The SMILES string of the molecule is O=C(O)c1ccc(CN2CCC3(CCNC[C@@H]3CO)CC2)cc1. The molecule has 0 bridgehead atoms. The van der Waals surface area contributed by atoms with E-state index in [0.717, 1.165) is 51.1 Å². The zero-order chi connectivity index (χ0) is 16.3. The summed E-state index contributed by atoms with van der Waals surface area (Å²) < 4.78 is 0. The minimum Gasteiger partial charge on any atom is -0.478 e. The van der Waals surface area contributed by atoms with Crippen LogP contribution in [0.4, 0.5) is 0 Å². The second-order valence-corrected chi connectivity index (χ2v) is 6.97. The predicted molar refractivity (Wildman–Crippen MR) is 88.4 cm³/mol. The average Bonchev–Trinajstić information content (AvgIpc) is 2.58. The van der Waals surface area contributed by atoms with Crippen molar-refractivity contribution in [1.82, 2.24) is 10.2 Å². The summed E-state index contributed by atoms with van der Waals surface area (Å²) in [7, 11) is 0. The summed E-state index contributed by atoms with van der Waals surface area (Å²) in [6, 6.07) is 7.18. The zero-order valence-electron chi connectivity index (χ0n) is 13.5. The first-order valence-corrected chi connectivity index (χ1v) is 8.49. The number of aliphatic hydroxyl groups excluding tert-OH is 1. The second kappa shape index (κ2) is 6.99. The molecule has 5 nitrogen and oxygen atoms in total. The molecule has 2 fully saturated rings. The fraction of sp³-hybridized carbons (Fsp3) is 0.611. The normalized spacial score (nSPS) is 24.7. The molecular weight excluding hydrogens is 292 g/mol. The van der Waals surface area contributed by atoms with Crippen molar-refractivity contribution in [3.63, 3.8) is 0 Å². The Morgan fingerprint density at radius 2 is 1.91 bits per heavy atom. The van der Waals surface area contributed by atoms with E-state index in [9.17, 15) is 9.90 Å². The third-order valence-corrected chi connectivity index (χ3v) is 5.74. The monoisotopic (exact) mass is 318 g/mol. The van der Waals surface area contributed by atoms with Gasteiger partial charge in [-0.3, -0.25) is 4.90 Å². The van der Waals surface area contributed by atoms with Crippen LogP contribution in [0.15, 0.2) is 24.3 Å². The van der Waals surface area contributed by atoms with Gasteiger partial charge in [0.25, 0.3) is 0 Å². The van der Waals surface area contributed by atoms with Gasteiger partial charge >= 0.3 is 5.97 Å². The number of likely N-dealkylation sites (tertiary alicyclic amines) is 1. The van der Waals surface area contributed by atoms with Crippen molar-refractivity contribution < 1.29 is 15.0 Å². The minimum absolute atomic E-state index is 0.281. The van der Waals surface area contributed by atoms with Gasteiger partial charge in [-0.05, 0) is 62.0 Å². The van der Waals surface area contributed by atoms with E-state index in [4.69, 9.17) is 5.11 Å². The summed E-state index contributed by atoms with van der Waals surface area (Å²) >= 11 is 0. The highest BCUT2D eigenvalue weighted by molar-refractivity contribution is 5.87. The molecule has 1 spiro atoms. The zero-order valence-corrected chi connectivity index (χ0v) is 13.5. The number of carbonyl (C=O) groups is 1. The van der Waals surface area contributed by atoms with Crippen molar-refractivity contribution >= 4 is 5.97 Å². The number of carboxylic acid groups (broad SMARTS) is 1. The number of carboxylic acids is 1. The van der Waals surface area contributed by atoms with Crippen LogP contribution in [0.3, 0.4) is 0 Å².